The number of likely N-dealkylation sites (tertiary alicyclic amines) is 1. The average Bonchev–Trinajstić information content (AvgIpc) is 2.96. The van der Waals surface area contributed by atoms with Crippen molar-refractivity contribution >= 4 is 0 Å². The van der Waals surface area contributed by atoms with Gasteiger partial charge in [-0.05, 0) is 29.8 Å². The fourth-order valence-electron chi connectivity index (χ4n) is 2.72. The van der Waals surface area contributed by atoms with Crippen LogP contribution in [0, 0.1) is 5.41 Å². The molecule has 1 aromatic heterocycles. The van der Waals surface area contributed by atoms with Crippen LogP contribution in [0.2, 0.25) is 0 Å². The SMILES string of the molecule is Cn1nnnc1CN1CCC2(CCOC2)C1. The Bertz CT molecular complexity index is 371. The molecule has 0 saturated carbocycles. The molecule has 2 saturated heterocycles. The third-order valence-corrected chi connectivity index (χ3v) is 3.78. The Kier molecular flexibility index (Phi) is 2.40. The minimum atomic E-state index is 0.423. The quantitative estimate of drug-likeness (QED) is 0.696. The molecular weight excluding hydrogens is 206 g/mol. The summed E-state index contributed by atoms with van der Waals surface area (Å²) in [6, 6.07) is 0. The first-order valence-electron chi connectivity index (χ1n) is 5.79. The molecule has 3 heterocycles. The van der Waals surface area contributed by atoms with Crippen molar-refractivity contribution in [3.05, 3.63) is 5.82 Å². The van der Waals surface area contributed by atoms with Crippen LogP contribution < -0.4 is 0 Å². The number of hydrogen-bond donors (Lipinski definition) is 0. The summed E-state index contributed by atoms with van der Waals surface area (Å²) in [4.78, 5) is 2.43. The van der Waals surface area contributed by atoms with Gasteiger partial charge >= 0.3 is 0 Å². The minimum Gasteiger partial charge on any atom is -0.381 e. The maximum atomic E-state index is 5.52. The van der Waals surface area contributed by atoms with Gasteiger partial charge in [0.25, 0.3) is 0 Å². The maximum absolute atomic E-state index is 5.52. The van der Waals surface area contributed by atoms with Crippen molar-refractivity contribution in [2.45, 2.75) is 19.4 Å². The number of aryl methyl sites for hydroxylation is 1. The van der Waals surface area contributed by atoms with Gasteiger partial charge in [-0.3, -0.25) is 4.90 Å². The van der Waals surface area contributed by atoms with E-state index in [2.05, 4.69) is 20.4 Å². The highest BCUT2D eigenvalue weighted by atomic mass is 16.5. The highest BCUT2D eigenvalue weighted by Gasteiger charge is 2.41. The predicted molar refractivity (Wildman–Crippen MR) is 56.6 cm³/mol. The molecule has 3 rings (SSSR count). The number of aromatic nitrogens is 4. The molecule has 16 heavy (non-hydrogen) atoms. The largest absolute Gasteiger partial charge is 0.381 e. The van der Waals surface area contributed by atoms with Crippen molar-refractivity contribution in [2.24, 2.45) is 12.5 Å². The Labute approximate surface area is 94.6 Å². The zero-order valence-corrected chi connectivity index (χ0v) is 9.59. The number of tetrazole rings is 1. The van der Waals surface area contributed by atoms with Crippen LogP contribution in [-0.2, 0) is 18.3 Å². The van der Waals surface area contributed by atoms with Gasteiger partial charge < -0.3 is 4.74 Å². The third-order valence-electron chi connectivity index (χ3n) is 3.78. The highest BCUT2D eigenvalue weighted by Crippen LogP contribution is 2.38. The smallest absolute Gasteiger partial charge is 0.164 e. The summed E-state index contributed by atoms with van der Waals surface area (Å²) in [5, 5.41) is 11.5. The van der Waals surface area contributed by atoms with E-state index in [0.717, 1.165) is 38.7 Å². The molecule has 1 aromatic rings. The van der Waals surface area contributed by atoms with Gasteiger partial charge in [0, 0.05) is 25.6 Å². The fourth-order valence-corrected chi connectivity index (χ4v) is 2.72. The second kappa shape index (κ2) is 3.78. The van der Waals surface area contributed by atoms with Gasteiger partial charge in [0.1, 0.15) is 0 Å². The first kappa shape index (κ1) is 10.2. The Morgan fingerprint density at radius 3 is 3.06 bits per heavy atom. The van der Waals surface area contributed by atoms with Crippen LogP contribution in [0.25, 0.3) is 0 Å². The molecule has 88 valence electrons. The first-order chi connectivity index (χ1) is 7.77. The van der Waals surface area contributed by atoms with Crippen LogP contribution in [-0.4, -0.2) is 51.4 Å². The van der Waals surface area contributed by atoms with Crippen LogP contribution in [0.1, 0.15) is 18.7 Å². The monoisotopic (exact) mass is 223 g/mol. The van der Waals surface area contributed by atoms with Gasteiger partial charge in [-0.15, -0.1) is 5.10 Å². The lowest BCUT2D eigenvalue weighted by molar-refractivity contribution is 0.151. The third kappa shape index (κ3) is 1.72. The van der Waals surface area contributed by atoms with Crippen LogP contribution in [0.3, 0.4) is 0 Å². The molecule has 2 fully saturated rings. The van der Waals surface area contributed by atoms with E-state index in [1.165, 1.54) is 12.8 Å². The zero-order valence-electron chi connectivity index (χ0n) is 9.59. The van der Waals surface area contributed by atoms with Gasteiger partial charge in [-0.25, -0.2) is 4.68 Å². The lowest BCUT2D eigenvalue weighted by Crippen LogP contribution is -2.28. The normalized spacial score (nSPS) is 30.6. The van der Waals surface area contributed by atoms with Gasteiger partial charge in [0.15, 0.2) is 5.82 Å². The molecule has 1 spiro atoms. The van der Waals surface area contributed by atoms with E-state index in [0.29, 0.717) is 5.41 Å². The van der Waals surface area contributed by atoms with E-state index in [1.807, 2.05) is 7.05 Å². The van der Waals surface area contributed by atoms with E-state index in [9.17, 15) is 0 Å². The second-order valence-electron chi connectivity index (χ2n) is 4.98. The van der Waals surface area contributed by atoms with E-state index < -0.39 is 0 Å². The molecule has 0 amide bonds. The van der Waals surface area contributed by atoms with E-state index >= 15 is 0 Å². The highest BCUT2D eigenvalue weighted by molar-refractivity contribution is 4.94. The summed E-state index contributed by atoms with van der Waals surface area (Å²) < 4.78 is 7.26. The summed E-state index contributed by atoms with van der Waals surface area (Å²) in [6.07, 6.45) is 2.46. The summed E-state index contributed by atoms with van der Waals surface area (Å²) in [7, 11) is 1.89. The molecule has 1 atom stereocenters. The molecule has 1 unspecified atom stereocenters. The van der Waals surface area contributed by atoms with Gasteiger partial charge in [0.2, 0.25) is 0 Å². The molecule has 0 bridgehead atoms. The average molecular weight is 223 g/mol. The zero-order chi connectivity index (χ0) is 11.0. The first-order valence-corrected chi connectivity index (χ1v) is 5.79. The standard InChI is InChI=1S/C10H17N5O/c1-14-9(11-12-13-14)6-15-4-2-10(7-15)3-5-16-8-10/h2-8H2,1H3. The number of ether oxygens (including phenoxy) is 1. The number of hydrogen-bond acceptors (Lipinski definition) is 5. The van der Waals surface area contributed by atoms with Crippen molar-refractivity contribution in [1.29, 1.82) is 0 Å². The van der Waals surface area contributed by atoms with Crippen molar-refractivity contribution in [3.63, 3.8) is 0 Å². The van der Waals surface area contributed by atoms with Gasteiger partial charge in [0.05, 0.1) is 13.2 Å². The molecule has 6 heteroatoms. The number of rotatable bonds is 2. The van der Waals surface area contributed by atoms with Gasteiger partial charge in [-0.2, -0.15) is 0 Å². The summed E-state index contributed by atoms with van der Waals surface area (Å²) >= 11 is 0. The second-order valence-corrected chi connectivity index (χ2v) is 4.98. The Balaban J connectivity index is 1.64. The summed E-state index contributed by atoms with van der Waals surface area (Å²) in [5.41, 5.74) is 0.423. The molecule has 0 N–H and O–H groups in total. The van der Waals surface area contributed by atoms with Crippen molar-refractivity contribution < 1.29 is 4.74 Å². The fraction of sp³-hybridized carbons (Fsp3) is 0.900. The van der Waals surface area contributed by atoms with Gasteiger partial charge in [-0.1, -0.05) is 0 Å². The summed E-state index contributed by atoms with van der Waals surface area (Å²) in [6.45, 7) is 4.97. The van der Waals surface area contributed by atoms with E-state index in [-0.39, 0.29) is 0 Å². The van der Waals surface area contributed by atoms with Crippen LogP contribution in [0.15, 0.2) is 0 Å². The molecule has 6 nitrogen and oxygen atoms in total. The number of nitrogens with zero attached hydrogens (tertiary/aromatic N) is 5. The minimum absolute atomic E-state index is 0.423. The van der Waals surface area contributed by atoms with Crippen molar-refractivity contribution in [3.8, 4) is 0 Å². The van der Waals surface area contributed by atoms with Crippen molar-refractivity contribution in [2.75, 3.05) is 26.3 Å². The molecule has 2 aliphatic heterocycles. The lowest BCUT2D eigenvalue weighted by Gasteiger charge is -2.21. The van der Waals surface area contributed by atoms with Crippen LogP contribution in [0.4, 0.5) is 0 Å². The van der Waals surface area contributed by atoms with Crippen molar-refractivity contribution in [1.82, 2.24) is 25.1 Å². The maximum Gasteiger partial charge on any atom is 0.164 e. The molecule has 0 radical (unpaired) electrons. The van der Waals surface area contributed by atoms with Crippen LogP contribution in [0.5, 0.6) is 0 Å². The molecular formula is C10H17N5O. The van der Waals surface area contributed by atoms with E-state index in [4.69, 9.17) is 4.74 Å². The summed E-state index contributed by atoms with van der Waals surface area (Å²) in [5.74, 6) is 0.941. The Morgan fingerprint density at radius 2 is 2.38 bits per heavy atom. The van der Waals surface area contributed by atoms with E-state index in [1.54, 1.807) is 4.68 Å². The topological polar surface area (TPSA) is 56.1 Å². The lowest BCUT2D eigenvalue weighted by atomic mass is 9.87. The van der Waals surface area contributed by atoms with Crippen LogP contribution >= 0.6 is 0 Å². The predicted octanol–water partition coefficient (Wildman–Crippen LogP) is -0.177. The Morgan fingerprint density at radius 1 is 1.44 bits per heavy atom. The molecule has 0 aliphatic carbocycles. The molecule has 0 aromatic carbocycles. The molecule has 2 aliphatic rings. The Hall–Kier alpha value is -1.01.